The van der Waals surface area contributed by atoms with Crippen molar-refractivity contribution >= 4 is 21.4 Å². The van der Waals surface area contributed by atoms with Crippen LogP contribution in [0.2, 0.25) is 0 Å². The van der Waals surface area contributed by atoms with Crippen molar-refractivity contribution in [2.45, 2.75) is 12.8 Å². The van der Waals surface area contributed by atoms with Gasteiger partial charge in [-0.15, -0.1) is 17.9 Å². The molecule has 0 nitrogen and oxygen atoms in total. The highest BCUT2D eigenvalue weighted by molar-refractivity contribution is 7.19. The average Bonchev–Trinajstić information content (AvgIpc) is 2.57. The molecule has 0 atom stereocenters. The maximum atomic E-state index is 3.73. The molecule has 0 unspecified atom stereocenters. The van der Waals surface area contributed by atoms with Crippen molar-refractivity contribution in [3.05, 3.63) is 47.9 Å². The van der Waals surface area contributed by atoms with Crippen molar-refractivity contribution in [2.75, 3.05) is 0 Å². The molecule has 1 heterocycles. The van der Waals surface area contributed by atoms with E-state index in [4.69, 9.17) is 0 Å². The Morgan fingerprint density at radius 3 is 2.92 bits per heavy atom. The molecule has 0 fully saturated rings. The van der Waals surface area contributed by atoms with Gasteiger partial charge in [0.25, 0.3) is 0 Å². The van der Waals surface area contributed by atoms with E-state index in [0.717, 1.165) is 12.8 Å². The van der Waals surface area contributed by atoms with Gasteiger partial charge in [-0.1, -0.05) is 24.3 Å². The van der Waals surface area contributed by atoms with Gasteiger partial charge in [0.05, 0.1) is 0 Å². The highest BCUT2D eigenvalue weighted by Gasteiger charge is 1.98. The highest BCUT2D eigenvalue weighted by atomic mass is 32.1. The van der Waals surface area contributed by atoms with E-state index in [2.05, 4.69) is 36.9 Å². The lowest BCUT2D eigenvalue weighted by Crippen LogP contribution is -1.73. The third-order valence-electron chi connectivity index (χ3n) is 2.07. The summed E-state index contributed by atoms with van der Waals surface area (Å²) in [5.41, 5.74) is 0. The SMILES string of the molecule is C=CCCc1cc2ccccc2s1. The minimum Gasteiger partial charge on any atom is -0.140 e. The molecule has 0 saturated carbocycles. The van der Waals surface area contributed by atoms with Crippen molar-refractivity contribution in [3.63, 3.8) is 0 Å². The lowest BCUT2D eigenvalue weighted by atomic mass is 10.2. The number of fused-ring (bicyclic) bond motifs is 1. The molecule has 0 saturated heterocycles. The van der Waals surface area contributed by atoms with Crippen LogP contribution in [-0.2, 0) is 6.42 Å². The van der Waals surface area contributed by atoms with Crippen LogP contribution in [0, 0.1) is 0 Å². The molecule has 0 bridgehead atoms. The second-order valence-corrected chi connectivity index (χ2v) is 4.25. The highest BCUT2D eigenvalue weighted by Crippen LogP contribution is 2.25. The first-order valence-electron chi connectivity index (χ1n) is 4.48. The van der Waals surface area contributed by atoms with E-state index in [0.29, 0.717) is 0 Å². The van der Waals surface area contributed by atoms with E-state index in [1.165, 1.54) is 15.0 Å². The molecule has 1 heteroatoms. The van der Waals surface area contributed by atoms with Gasteiger partial charge < -0.3 is 0 Å². The van der Waals surface area contributed by atoms with Crippen LogP contribution >= 0.6 is 11.3 Å². The van der Waals surface area contributed by atoms with E-state index in [-0.39, 0.29) is 0 Å². The normalized spacial score (nSPS) is 10.5. The van der Waals surface area contributed by atoms with Crippen LogP contribution in [0.4, 0.5) is 0 Å². The van der Waals surface area contributed by atoms with Gasteiger partial charge >= 0.3 is 0 Å². The van der Waals surface area contributed by atoms with Gasteiger partial charge in [-0.25, -0.2) is 0 Å². The second kappa shape index (κ2) is 3.75. The molecule has 13 heavy (non-hydrogen) atoms. The Morgan fingerprint density at radius 1 is 1.31 bits per heavy atom. The van der Waals surface area contributed by atoms with Gasteiger partial charge in [0, 0.05) is 9.58 Å². The Balaban J connectivity index is 2.32. The van der Waals surface area contributed by atoms with E-state index in [9.17, 15) is 0 Å². The van der Waals surface area contributed by atoms with Crippen LogP contribution in [0.25, 0.3) is 10.1 Å². The third-order valence-corrected chi connectivity index (χ3v) is 3.25. The van der Waals surface area contributed by atoms with Crippen molar-refractivity contribution in [1.29, 1.82) is 0 Å². The van der Waals surface area contributed by atoms with Crippen molar-refractivity contribution in [3.8, 4) is 0 Å². The first kappa shape index (κ1) is 8.52. The Kier molecular flexibility index (Phi) is 2.46. The van der Waals surface area contributed by atoms with Crippen LogP contribution in [0.5, 0.6) is 0 Å². The first-order valence-corrected chi connectivity index (χ1v) is 5.30. The molecule has 0 spiro atoms. The Hall–Kier alpha value is -1.08. The van der Waals surface area contributed by atoms with E-state index >= 15 is 0 Å². The van der Waals surface area contributed by atoms with Gasteiger partial charge in [0.2, 0.25) is 0 Å². The summed E-state index contributed by atoms with van der Waals surface area (Å²) in [6.45, 7) is 3.73. The zero-order chi connectivity index (χ0) is 9.10. The molecule has 0 N–H and O–H groups in total. The molecule has 66 valence electrons. The molecule has 1 aromatic heterocycles. The summed E-state index contributed by atoms with van der Waals surface area (Å²) in [6, 6.07) is 10.8. The van der Waals surface area contributed by atoms with Crippen molar-refractivity contribution < 1.29 is 0 Å². The van der Waals surface area contributed by atoms with Gasteiger partial charge in [0.15, 0.2) is 0 Å². The maximum Gasteiger partial charge on any atom is 0.0345 e. The summed E-state index contributed by atoms with van der Waals surface area (Å²) in [7, 11) is 0. The minimum atomic E-state index is 1.08. The van der Waals surface area contributed by atoms with E-state index < -0.39 is 0 Å². The molecule has 2 aromatic rings. The third kappa shape index (κ3) is 1.81. The predicted molar refractivity (Wildman–Crippen MR) is 60.3 cm³/mol. The number of rotatable bonds is 3. The quantitative estimate of drug-likeness (QED) is 0.638. The maximum absolute atomic E-state index is 3.73. The molecule has 1 aromatic carbocycles. The Labute approximate surface area is 82.5 Å². The number of hydrogen-bond donors (Lipinski definition) is 0. The van der Waals surface area contributed by atoms with Gasteiger partial charge in [0.1, 0.15) is 0 Å². The standard InChI is InChI=1S/C12H12S/c1-2-3-7-11-9-10-6-4-5-8-12(10)13-11/h2,4-6,8-9H,1,3,7H2. The lowest BCUT2D eigenvalue weighted by Gasteiger charge is -1.87. The largest absolute Gasteiger partial charge is 0.140 e. The first-order chi connectivity index (χ1) is 6.40. The second-order valence-electron chi connectivity index (χ2n) is 3.08. The zero-order valence-corrected chi connectivity index (χ0v) is 8.31. The summed E-state index contributed by atoms with van der Waals surface area (Å²) in [5, 5.41) is 1.37. The van der Waals surface area contributed by atoms with Crippen molar-refractivity contribution in [1.82, 2.24) is 0 Å². The molecular formula is C12H12S. The van der Waals surface area contributed by atoms with Crippen molar-refractivity contribution in [2.24, 2.45) is 0 Å². The fourth-order valence-electron chi connectivity index (χ4n) is 1.40. The van der Waals surface area contributed by atoms with Gasteiger partial charge in [-0.2, -0.15) is 0 Å². The summed E-state index contributed by atoms with van der Waals surface area (Å²) < 4.78 is 1.39. The monoisotopic (exact) mass is 188 g/mol. The summed E-state index contributed by atoms with van der Waals surface area (Å²) in [5.74, 6) is 0. The van der Waals surface area contributed by atoms with Gasteiger partial charge in [-0.3, -0.25) is 0 Å². The molecule has 0 radical (unpaired) electrons. The van der Waals surface area contributed by atoms with E-state index in [1.54, 1.807) is 0 Å². The summed E-state index contributed by atoms with van der Waals surface area (Å²) in [4.78, 5) is 1.46. The van der Waals surface area contributed by atoms with Crippen LogP contribution in [0.15, 0.2) is 43.0 Å². The number of allylic oxidation sites excluding steroid dienone is 1. The Morgan fingerprint density at radius 2 is 2.15 bits per heavy atom. The van der Waals surface area contributed by atoms with Crippen LogP contribution in [0.3, 0.4) is 0 Å². The number of hydrogen-bond acceptors (Lipinski definition) is 1. The smallest absolute Gasteiger partial charge is 0.0345 e. The van der Waals surface area contributed by atoms with Crippen LogP contribution in [-0.4, -0.2) is 0 Å². The average molecular weight is 188 g/mol. The number of benzene rings is 1. The molecule has 2 rings (SSSR count). The predicted octanol–water partition coefficient (Wildman–Crippen LogP) is 4.02. The zero-order valence-electron chi connectivity index (χ0n) is 7.49. The molecular weight excluding hydrogens is 176 g/mol. The van der Waals surface area contributed by atoms with E-state index in [1.807, 2.05) is 17.4 Å². The molecule has 0 aliphatic carbocycles. The fraction of sp³-hybridized carbons (Fsp3) is 0.167. The molecule has 0 aliphatic heterocycles. The number of thiophene rings is 1. The van der Waals surface area contributed by atoms with Crippen LogP contribution in [0.1, 0.15) is 11.3 Å². The lowest BCUT2D eigenvalue weighted by molar-refractivity contribution is 1.03. The van der Waals surface area contributed by atoms with Gasteiger partial charge in [-0.05, 0) is 30.4 Å². The number of aryl methyl sites for hydroxylation is 1. The fourth-order valence-corrected chi connectivity index (χ4v) is 2.48. The van der Waals surface area contributed by atoms with Crippen LogP contribution < -0.4 is 0 Å². The topological polar surface area (TPSA) is 0 Å². The summed E-state index contributed by atoms with van der Waals surface area (Å²) in [6.07, 6.45) is 4.18. The Bertz CT molecular complexity index is 379. The molecule has 0 amide bonds. The molecule has 0 aliphatic rings. The summed E-state index contributed by atoms with van der Waals surface area (Å²) >= 11 is 1.89. The minimum absolute atomic E-state index is 1.08.